The van der Waals surface area contributed by atoms with E-state index in [-0.39, 0.29) is 21.1 Å². The van der Waals surface area contributed by atoms with Gasteiger partial charge in [0.1, 0.15) is 0 Å². The van der Waals surface area contributed by atoms with Crippen molar-refractivity contribution >= 4 is 27.2 Å². The van der Waals surface area contributed by atoms with Gasteiger partial charge in [0, 0.05) is 21.1 Å². The van der Waals surface area contributed by atoms with Crippen LogP contribution in [-0.2, 0) is 40.2 Å². The molecule has 0 aliphatic heterocycles. The second-order valence-electron chi connectivity index (χ2n) is 0.854. The van der Waals surface area contributed by atoms with Gasteiger partial charge in [0.05, 0.1) is 0 Å². The zero-order chi connectivity index (χ0) is 11.4. The van der Waals surface area contributed by atoms with Crippen LogP contribution in [0.15, 0.2) is 0 Å². The molecule has 0 atom stereocenters. The van der Waals surface area contributed by atoms with Gasteiger partial charge in [0.25, 0.3) is 0 Å². The first-order valence-electron chi connectivity index (χ1n) is 2.65. The Morgan fingerprint density at radius 2 is 0.923 bits per heavy atom. The minimum absolute atomic E-state index is 0. The summed E-state index contributed by atoms with van der Waals surface area (Å²) in [6, 6.07) is 0. The zero-order valence-corrected chi connectivity index (χ0v) is 9.48. The fraction of sp³-hybridized carbons (Fsp3) is 0.375. The summed E-state index contributed by atoms with van der Waals surface area (Å²) < 4.78 is 0. The fourth-order valence-electron chi connectivity index (χ4n) is 0. The van der Waals surface area contributed by atoms with Crippen LogP contribution in [0, 0.1) is 6.92 Å². The molecular formula is C8H13MoO4-5. The third kappa shape index (κ3) is 7360. The van der Waals surface area contributed by atoms with E-state index in [4.69, 9.17) is 19.2 Å². The van der Waals surface area contributed by atoms with Crippen LogP contribution in [0.3, 0.4) is 0 Å². The smallest absolute Gasteiger partial charge is 0 e. The van der Waals surface area contributed by atoms with Gasteiger partial charge in [-0.2, -0.15) is 6.42 Å². The first kappa shape index (κ1) is 39.4. The van der Waals surface area contributed by atoms with Crippen molar-refractivity contribution in [2.75, 3.05) is 0 Å². The normalized spacial score (nSPS) is 3.54. The first-order chi connectivity index (χ1) is 5.91. The number of unbranched alkanes of at least 4 members (excludes halogenated alkanes) is 1. The predicted molar refractivity (Wildman–Crippen MR) is 47.3 cm³/mol. The Hall–Kier alpha value is -0.632. The van der Waals surface area contributed by atoms with Crippen LogP contribution in [0.25, 0.3) is 0 Å². The van der Waals surface area contributed by atoms with Crippen molar-refractivity contribution in [1.29, 1.82) is 0 Å². The molecule has 0 aliphatic carbocycles. The van der Waals surface area contributed by atoms with Crippen LogP contribution in [0.1, 0.15) is 19.8 Å². The topological polar surface area (TPSA) is 68.3 Å². The summed E-state index contributed by atoms with van der Waals surface area (Å²) in [6.07, 6.45) is 2.28. The summed E-state index contributed by atoms with van der Waals surface area (Å²) in [5, 5.41) is 0. The Kier molecular flexibility index (Phi) is 1980. The largest absolute Gasteiger partial charge is 0.545 e. The van der Waals surface area contributed by atoms with Crippen molar-refractivity contribution in [3.63, 3.8) is 0 Å². The second kappa shape index (κ2) is 653. The van der Waals surface area contributed by atoms with Crippen molar-refractivity contribution in [3.05, 3.63) is 6.92 Å². The number of hydrogen-bond acceptors (Lipinski definition) is 4. The maximum absolute atomic E-state index is 7.75. The SMILES string of the molecule is [CH-]=O.[CH-]=O.[CH-]=O.[CH-]=O.[CH2-]CCC.[Mo]. The van der Waals surface area contributed by atoms with E-state index in [0.29, 0.717) is 0 Å². The molecule has 0 aromatic carbocycles. The van der Waals surface area contributed by atoms with E-state index in [2.05, 4.69) is 41.0 Å². The van der Waals surface area contributed by atoms with Crippen LogP contribution in [0.2, 0.25) is 0 Å². The molecule has 80 valence electrons. The summed E-state index contributed by atoms with van der Waals surface area (Å²) in [6.45, 7) is 18.7. The van der Waals surface area contributed by atoms with Gasteiger partial charge in [-0.05, 0) is 0 Å². The van der Waals surface area contributed by atoms with Crippen LogP contribution in [0.5, 0.6) is 0 Å². The summed E-state index contributed by atoms with van der Waals surface area (Å²) >= 11 is 0. The van der Waals surface area contributed by atoms with E-state index >= 15 is 0 Å². The van der Waals surface area contributed by atoms with Crippen molar-refractivity contribution in [2.45, 2.75) is 19.8 Å². The van der Waals surface area contributed by atoms with E-state index in [1.54, 1.807) is 0 Å². The fourth-order valence-corrected chi connectivity index (χ4v) is 0. The maximum Gasteiger partial charge on any atom is 0 e. The quantitative estimate of drug-likeness (QED) is 0.395. The predicted octanol–water partition coefficient (Wildman–Crippen LogP) is 0.522. The molecule has 0 aliphatic rings. The Morgan fingerprint density at radius 1 is 0.846 bits per heavy atom. The Morgan fingerprint density at radius 3 is 0.923 bits per heavy atom. The van der Waals surface area contributed by atoms with E-state index < -0.39 is 0 Å². The van der Waals surface area contributed by atoms with Gasteiger partial charge in [-0.3, -0.25) is 27.2 Å². The van der Waals surface area contributed by atoms with Crippen LogP contribution >= 0.6 is 0 Å². The molecule has 13 heavy (non-hydrogen) atoms. The molecule has 0 aromatic rings. The summed E-state index contributed by atoms with van der Waals surface area (Å²) in [5.74, 6) is 0. The molecule has 5 heteroatoms. The minimum Gasteiger partial charge on any atom is -0.545 e. The average molecular weight is 269 g/mol. The van der Waals surface area contributed by atoms with Gasteiger partial charge in [0.15, 0.2) is 0 Å². The number of rotatable bonds is 1. The number of carbonyl (C=O) groups excluding carboxylic acids is 4. The Bertz CT molecular complexity index is 37.1. The van der Waals surface area contributed by atoms with Crippen molar-refractivity contribution in [3.8, 4) is 0 Å². The summed E-state index contributed by atoms with van der Waals surface area (Å²) in [4.78, 5) is 31.0. The molecule has 0 fully saturated rings. The first-order valence-corrected chi connectivity index (χ1v) is 2.65. The van der Waals surface area contributed by atoms with Gasteiger partial charge in [-0.1, -0.05) is 13.3 Å². The van der Waals surface area contributed by atoms with Crippen molar-refractivity contribution < 1.29 is 40.2 Å². The van der Waals surface area contributed by atoms with Crippen LogP contribution < -0.4 is 0 Å². The van der Waals surface area contributed by atoms with Crippen LogP contribution in [-0.4, -0.2) is 27.2 Å². The molecule has 0 N–H and O–H groups in total. The zero-order valence-electron chi connectivity index (χ0n) is 7.47. The third-order valence-electron chi connectivity index (χ3n) is 0.354. The monoisotopic (exact) mass is 271 g/mol. The van der Waals surface area contributed by atoms with E-state index in [9.17, 15) is 0 Å². The van der Waals surface area contributed by atoms with Gasteiger partial charge in [-0.25, -0.2) is 0 Å². The molecule has 0 radical (unpaired) electrons. The molecule has 4 nitrogen and oxygen atoms in total. The minimum atomic E-state index is 0. The van der Waals surface area contributed by atoms with Crippen molar-refractivity contribution in [1.82, 2.24) is 0 Å². The molecular weight excluding hydrogens is 256 g/mol. The van der Waals surface area contributed by atoms with Crippen molar-refractivity contribution in [2.24, 2.45) is 0 Å². The van der Waals surface area contributed by atoms with E-state index in [1.807, 2.05) is 0 Å². The standard InChI is InChI=1S/C4H9.4CHO.Mo/c1-3-4-2;4*1-2;/h1,3-4H2,2H3;4*1H;/q5*-1;. The maximum atomic E-state index is 7.75. The molecule has 0 amide bonds. The molecule has 0 spiro atoms. The molecule has 0 saturated carbocycles. The molecule has 0 saturated heterocycles. The molecule has 0 bridgehead atoms. The third-order valence-corrected chi connectivity index (χ3v) is 0.354. The summed E-state index contributed by atoms with van der Waals surface area (Å²) in [7, 11) is 0. The Balaban J connectivity index is -0.0000000122. The molecule has 0 rings (SSSR count). The van der Waals surface area contributed by atoms with E-state index in [0.717, 1.165) is 6.42 Å². The van der Waals surface area contributed by atoms with Gasteiger partial charge < -0.3 is 26.1 Å². The Labute approximate surface area is 94.4 Å². The molecule has 0 heterocycles. The molecule has 0 unspecified atom stereocenters. The summed E-state index contributed by atoms with van der Waals surface area (Å²) in [5.41, 5.74) is 0. The van der Waals surface area contributed by atoms with E-state index in [1.165, 1.54) is 6.42 Å². The van der Waals surface area contributed by atoms with Gasteiger partial charge in [-0.15, -0.1) is 0 Å². The van der Waals surface area contributed by atoms with Crippen LogP contribution in [0.4, 0.5) is 0 Å². The second-order valence-corrected chi connectivity index (χ2v) is 0.854. The average Bonchev–Trinajstić information content (AvgIpc) is 2.29. The van der Waals surface area contributed by atoms with Gasteiger partial charge in [0.2, 0.25) is 0 Å². The van der Waals surface area contributed by atoms with Gasteiger partial charge >= 0.3 is 0 Å². The molecule has 0 aromatic heterocycles. The number of hydrogen-bond donors (Lipinski definition) is 0.